The third-order valence-electron chi connectivity index (χ3n) is 3.71. The minimum Gasteiger partial charge on any atom is -0.409 e. The van der Waals surface area contributed by atoms with Crippen molar-refractivity contribution in [1.29, 1.82) is 0 Å². The average molecular weight is 353 g/mol. The van der Waals surface area contributed by atoms with Crippen LogP contribution in [0.3, 0.4) is 0 Å². The van der Waals surface area contributed by atoms with Gasteiger partial charge in [-0.15, -0.1) is 0 Å². The third kappa shape index (κ3) is 4.37. The average Bonchev–Trinajstić information content (AvgIpc) is 2.64. The number of hydrogen-bond donors (Lipinski definition) is 0. The summed E-state index contributed by atoms with van der Waals surface area (Å²) in [5.41, 5.74) is 3.17. The highest BCUT2D eigenvalue weighted by Crippen LogP contribution is 2.24. The number of para-hydroxylation sites is 1. The van der Waals surface area contributed by atoms with Gasteiger partial charge in [-0.3, -0.25) is 4.98 Å². The number of pyridine rings is 1. The highest BCUT2D eigenvalue weighted by atomic mass is 35.5. The molecule has 4 nitrogen and oxygen atoms in total. The summed E-state index contributed by atoms with van der Waals surface area (Å²) in [6.45, 7) is 0.433. The van der Waals surface area contributed by atoms with E-state index < -0.39 is 6.09 Å². The molecule has 3 aromatic rings. The molecular formula is C20H17ClN2O2. The Kier molecular flexibility index (Phi) is 5.31. The molecule has 0 saturated heterocycles. The molecule has 0 aliphatic heterocycles. The summed E-state index contributed by atoms with van der Waals surface area (Å²) in [6, 6.07) is 18.8. The number of hydrogen-bond acceptors (Lipinski definition) is 3. The van der Waals surface area contributed by atoms with Crippen molar-refractivity contribution in [2.75, 3.05) is 7.05 Å². The summed E-state index contributed by atoms with van der Waals surface area (Å²) in [6.07, 6.45) is 3.06. The molecule has 126 valence electrons. The van der Waals surface area contributed by atoms with Gasteiger partial charge in [0.25, 0.3) is 0 Å². The predicted molar refractivity (Wildman–Crippen MR) is 98.6 cm³/mol. The first kappa shape index (κ1) is 17.0. The zero-order chi connectivity index (χ0) is 17.6. The molecule has 1 amide bonds. The molecule has 2 aromatic carbocycles. The first-order chi connectivity index (χ1) is 12.1. The molecule has 0 aliphatic carbocycles. The first-order valence-electron chi connectivity index (χ1n) is 7.80. The van der Waals surface area contributed by atoms with Crippen LogP contribution in [0.5, 0.6) is 5.75 Å². The van der Waals surface area contributed by atoms with Gasteiger partial charge >= 0.3 is 6.09 Å². The molecule has 3 rings (SSSR count). The fourth-order valence-corrected chi connectivity index (χ4v) is 2.61. The van der Waals surface area contributed by atoms with Crippen molar-refractivity contribution < 1.29 is 9.53 Å². The molecule has 0 N–H and O–H groups in total. The van der Waals surface area contributed by atoms with Gasteiger partial charge in [0.1, 0.15) is 0 Å². The molecule has 0 saturated carbocycles. The molecule has 0 fully saturated rings. The van der Waals surface area contributed by atoms with Crippen molar-refractivity contribution in [1.82, 2.24) is 9.88 Å². The van der Waals surface area contributed by atoms with Crippen LogP contribution in [0.15, 0.2) is 73.1 Å². The normalized spacial score (nSPS) is 10.3. The van der Waals surface area contributed by atoms with Crippen LogP contribution in [-0.4, -0.2) is 23.0 Å². The van der Waals surface area contributed by atoms with Gasteiger partial charge in [-0.1, -0.05) is 41.9 Å². The number of amides is 1. The van der Waals surface area contributed by atoms with E-state index in [4.69, 9.17) is 16.3 Å². The molecule has 5 heteroatoms. The summed E-state index contributed by atoms with van der Waals surface area (Å²) in [4.78, 5) is 17.8. The molecule has 0 atom stereocenters. The van der Waals surface area contributed by atoms with E-state index in [1.807, 2.05) is 30.3 Å². The minimum atomic E-state index is -0.456. The lowest BCUT2D eigenvalue weighted by atomic mass is 10.0. The van der Waals surface area contributed by atoms with Crippen LogP contribution in [0, 0.1) is 0 Å². The van der Waals surface area contributed by atoms with Crippen molar-refractivity contribution in [3.63, 3.8) is 0 Å². The number of rotatable bonds is 4. The first-order valence-corrected chi connectivity index (χ1v) is 8.18. The number of nitrogens with zero attached hydrogens (tertiary/aromatic N) is 2. The summed E-state index contributed by atoms with van der Waals surface area (Å²) >= 11 is 6.02. The zero-order valence-corrected chi connectivity index (χ0v) is 14.5. The van der Waals surface area contributed by atoms with E-state index >= 15 is 0 Å². The number of carbonyl (C=O) groups excluding carboxylic acids is 1. The SMILES string of the molecule is CN(Cc1cccc(-c2ccncc2)c1)C(=O)Oc1ccccc1Cl. The fraction of sp³-hybridized carbons (Fsp3) is 0.100. The monoisotopic (exact) mass is 352 g/mol. The van der Waals surface area contributed by atoms with Crippen LogP contribution in [-0.2, 0) is 6.54 Å². The van der Waals surface area contributed by atoms with Gasteiger partial charge in [0.05, 0.1) is 5.02 Å². The number of aromatic nitrogens is 1. The van der Waals surface area contributed by atoms with Crippen LogP contribution in [0.1, 0.15) is 5.56 Å². The minimum absolute atomic E-state index is 0.353. The lowest BCUT2D eigenvalue weighted by molar-refractivity contribution is 0.161. The lowest BCUT2D eigenvalue weighted by Gasteiger charge is -2.17. The van der Waals surface area contributed by atoms with E-state index in [9.17, 15) is 4.79 Å². The highest BCUT2D eigenvalue weighted by Gasteiger charge is 2.13. The van der Waals surface area contributed by atoms with Crippen molar-refractivity contribution >= 4 is 17.7 Å². The summed E-state index contributed by atoms with van der Waals surface area (Å²) < 4.78 is 5.34. The summed E-state index contributed by atoms with van der Waals surface area (Å²) in [5, 5.41) is 0.406. The molecule has 0 aliphatic rings. The fourth-order valence-electron chi connectivity index (χ4n) is 2.43. The van der Waals surface area contributed by atoms with Crippen molar-refractivity contribution in [2.45, 2.75) is 6.54 Å². The Morgan fingerprint density at radius 1 is 1.04 bits per heavy atom. The van der Waals surface area contributed by atoms with Crippen molar-refractivity contribution in [2.24, 2.45) is 0 Å². The van der Waals surface area contributed by atoms with E-state index in [0.717, 1.165) is 16.7 Å². The highest BCUT2D eigenvalue weighted by molar-refractivity contribution is 6.32. The van der Waals surface area contributed by atoms with Crippen LogP contribution in [0.25, 0.3) is 11.1 Å². The Hall–Kier alpha value is -2.85. The van der Waals surface area contributed by atoms with E-state index in [1.165, 1.54) is 4.90 Å². The maximum Gasteiger partial charge on any atom is 0.415 e. The Balaban J connectivity index is 1.69. The molecule has 0 bridgehead atoms. The topological polar surface area (TPSA) is 42.4 Å². The maximum atomic E-state index is 12.3. The number of halogens is 1. The third-order valence-corrected chi connectivity index (χ3v) is 4.02. The summed E-state index contributed by atoms with van der Waals surface area (Å²) in [7, 11) is 1.69. The van der Waals surface area contributed by atoms with E-state index in [1.54, 1.807) is 43.7 Å². The number of carbonyl (C=O) groups is 1. The largest absolute Gasteiger partial charge is 0.415 e. The van der Waals surface area contributed by atoms with Crippen molar-refractivity contribution in [3.8, 4) is 16.9 Å². The lowest BCUT2D eigenvalue weighted by Crippen LogP contribution is -2.29. The van der Waals surface area contributed by atoms with Gasteiger partial charge in [-0.25, -0.2) is 4.79 Å². The van der Waals surface area contributed by atoms with E-state index in [-0.39, 0.29) is 0 Å². The molecule has 0 unspecified atom stereocenters. The Bertz CT molecular complexity index is 868. The summed E-state index contributed by atoms with van der Waals surface area (Å²) in [5.74, 6) is 0.353. The van der Waals surface area contributed by atoms with Gasteiger partial charge in [0.15, 0.2) is 5.75 Å². The maximum absolute atomic E-state index is 12.3. The van der Waals surface area contributed by atoms with E-state index in [0.29, 0.717) is 17.3 Å². The van der Waals surface area contributed by atoms with Gasteiger partial charge in [-0.05, 0) is 47.0 Å². The number of benzene rings is 2. The smallest absolute Gasteiger partial charge is 0.409 e. The van der Waals surface area contributed by atoms with Crippen LogP contribution >= 0.6 is 11.6 Å². The second kappa shape index (κ2) is 7.81. The zero-order valence-electron chi connectivity index (χ0n) is 13.7. The van der Waals surface area contributed by atoms with Crippen LogP contribution < -0.4 is 4.74 Å². The number of ether oxygens (including phenoxy) is 1. The predicted octanol–water partition coefficient (Wildman–Crippen LogP) is 5.03. The van der Waals surface area contributed by atoms with Gasteiger partial charge in [-0.2, -0.15) is 0 Å². The standard InChI is InChI=1S/C20H17ClN2O2/c1-23(20(24)25-19-8-3-2-7-18(19)21)14-15-5-4-6-17(13-15)16-9-11-22-12-10-16/h2-13H,14H2,1H3. The molecule has 0 spiro atoms. The van der Waals surface area contributed by atoms with Gasteiger partial charge in [0.2, 0.25) is 0 Å². The second-order valence-electron chi connectivity index (χ2n) is 5.59. The quantitative estimate of drug-likeness (QED) is 0.661. The molecule has 25 heavy (non-hydrogen) atoms. The van der Waals surface area contributed by atoms with Gasteiger partial charge < -0.3 is 9.64 Å². The Morgan fingerprint density at radius 3 is 2.56 bits per heavy atom. The van der Waals surface area contributed by atoms with Crippen LogP contribution in [0.2, 0.25) is 5.02 Å². The Morgan fingerprint density at radius 2 is 1.80 bits per heavy atom. The van der Waals surface area contributed by atoms with E-state index in [2.05, 4.69) is 11.1 Å². The van der Waals surface area contributed by atoms with Crippen molar-refractivity contribution in [3.05, 3.63) is 83.6 Å². The molecule has 0 radical (unpaired) electrons. The second-order valence-corrected chi connectivity index (χ2v) is 6.00. The molecular weight excluding hydrogens is 336 g/mol. The molecule has 1 heterocycles. The molecule has 1 aromatic heterocycles. The Labute approximate surface area is 151 Å². The van der Waals surface area contributed by atoms with Gasteiger partial charge in [0, 0.05) is 26.0 Å². The van der Waals surface area contributed by atoms with Crippen LogP contribution in [0.4, 0.5) is 4.79 Å².